The number of imidazole rings is 1. The van der Waals surface area contributed by atoms with Gasteiger partial charge in [0.1, 0.15) is 0 Å². The molecule has 112 valence electrons. The molecule has 21 heavy (non-hydrogen) atoms. The molecule has 2 aromatic rings. The van der Waals surface area contributed by atoms with Crippen molar-refractivity contribution in [2.75, 3.05) is 6.54 Å². The first-order chi connectivity index (χ1) is 10.2. The maximum Gasteiger partial charge on any atom is 0.223 e. The van der Waals surface area contributed by atoms with Crippen LogP contribution < -0.4 is 11.1 Å². The number of nitrogens with zero attached hydrogens (tertiary/aromatic N) is 2. The molecule has 1 saturated carbocycles. The van der Waals surface area contributed by atoms with E-state index in [9.17, 15) is 4.79 Å². The summed E-state index contributed by atoms with van der Waals surface area (Å²) in [5.41, 5.74) is 8.00. The Kier molecular flexibility index (Phi) is 4.20. The van der Waals surface area contributed by atoms with Gasteiger partial charge in [-0.15, -0.1) is 0 Å². The molecule has 1 aromatic carbocycles. The van der Waals surface area contributed by atoms with E-state index in [1.165, 1.54) is 0 Å². The molecule has 5 heteroatoms. The molecule has 2 atom stereocenters. The minimum Gasteiger partial charge on any atom is -0.356 e. The molecule has 3 rings (SSSR count). The molecule has 0 saturated heterocycles. The third-order valence-corrected chi connectivity index (χ3v) is 4.25. The standard InChI is InChI=1S/C16H22N4O/c17-13-7-6-12(10-13)16(21)18-8-3-9-20-11-19-14-4-1-2-5-15(14)20/h1-2,4-5,11-13H,3,6-10,17H2,(H,18,21). The van der Waals surface area contributed by atoms with Gasteiger partial charge in [-0.3, -0.25) is 4.79 Å². The summed E-state index contributed by atoms with van der Waals surface area (Å²) in [6, 6.07) is 8.30. The van der Waals surface area contributed by atoms with E-state index in [0.29, 0.717) is 6.54 Å². The second-order valence-electron chi connectivity index (χ2n) is 5.84. The van der Waals surface area contributed by atoms with Crippen molar-refractivity contribution < 1.29 is 4.79 Å². The number of benzene rings is 1. The van der Waals surface area contributed by atoms with Crippen LogP contribution in [0.15, 0.2) is 30.6 Å². The van der Waals surface area contributed by atoms with E-state index in [-0.39, 0.29) is 17.9 Å². The van der Waals surface area contributed by atoms with E-state index >= 15 is 0 Å². The molecule has 3 N–H and O–H groups in total. The van der Waals surface area contributed by atoms with Crippen LogP contribution in [0.2, 0.25) is 0 Å². The van der Waals surface area contributed by atoms with Gasteiger partial charge in [0.05, 0.1) is 17.4 Å². The highest BCUT2D eigenvalue weighted by Crippen LogP contribution is 2.23. The maximum atomic E-state index is 12.0. The molecule has 1 amide bonds. The summed E-state index contributed by atoms with van der Waals surface area (Å²) >= 11 is 0. The Labute approximate surface area is 124 Å². The number of fused-ring (bicyclic) bond motifs is 1. The molecular formula is C16H22N4O. The Bertz CT molecular complexity index is 622. The van der Waals surface area contributed by atoms with Gasteiger partial charge in [0, 0.05) is 25.0 Å². The lowest BCUT2D eigenvalue weighted by molar-refractivity contribution is -0.124. The highest BCUT2D eigenvalue weighted by atomic mass is 16.1. The van der Waals surface area contributed by atoms with Crippen molar-refractivity contribution in [3.8, 4) is 0 Å². The number of carbonyl (C=O) groups excluding carboxylic acids is 1. The van der Waals surface area contributed by atoms with Gasteiger partial charge in [-0.2, -0.15) is 0 Å². The number of amides is 1. The molecule has 0 aliphatic heterocycles. The van der Waals surface area contributed by atoms with Crippen LogP contribution in [-0.2, 0) is 11.3 Å². The summed E-state index contributed by atoms with van der Waals surface area (Å²) in [5, 5.41) is 3.03. The Morgan fingerprint density at radius 3 is 3.05 bits per heavy atom. The van der Waals surface area contributed by atoms with Crippen LogP contribution in [0, 0.1) is 5.92 Å². The van der Waals surface area contributed by atoms with Gasteiger partial charge in [0.2, 0.25) is 5.91 Å². The van der Waals surface area contributed by atoms with Gasteiger partial charge in [-0.25, -0.2) is 4.98 Å². The molecule has 0 bridgehead atoms. The van der Waals surface area contributed by atoms with Gasteiger partial charge in [-0.05, 0) is 37.8 Å². The summed E-state index contributed by atoms with van der Waals surface area (Å²) in [6.45, 7) is 1.57. The zero-order valence-electron chi connectivity index (χ0n) is 12.2. The van der Waals surface area contributed by atoms with Gasteiger partial charge in [-0.1, -0.05) is 12.1 Å². The lowest BCUT2D eigenvalue weighted by Gasteiger charge is -2.11. The normalized spacial score (nSPS) is 21.8. The summed E-state index contributed by atoms with van der Waals surface area (Å²) in [6.07, 6.45) is 5.50. The molecule has 1 aliphatic carbocycles. The fraction of sp³-hybridized carbons (Fsp3) is 0.500. The van der Waals surface area contributed by atoms with Crippen molar-refractivity contribution in [2.24, 2.45) is 11.7 Å². The first kappa shape index (κ1) is 14.1. The minimum atomic E-state index is 0.120. The number of hydrogen-bond donors (Lipinski definition) is 2. The van der Waals surface area contributed by atoms with Crippen molar-refractivity contribution >= 4 is 16.9 Å². The second-order valence-corrected chi connectivity index (χ2v) is 5.84. The van der Waals surface area contributed by atoms with Gasteiger partial charge in [0.25, 0.3) is 0 Å². The molecule has 0 spiro atoms. The van der Waals surface area contributed by atoms with Crippen LogP contribution in [0.25, 0.3) is 11.0 Å². The first-order valence-electron chi connectivity index (χ1n) is 7.67. The van der Waals surface area contributed by atoms with Crippen LogP contribution in [0.4, 0.5) is 0 Å². The van der Waals surface area contributed by atoms with Crippen LogP contribution in [0.1, 0.15) is 25.7 Å². The lowest BCUT2D eigenvalue weighted by atomic mass is 10.1. The number of rotatable bonds is 5. The number of nitrogens with one attached hydrogen (secondary N) is 1. The maximum absolute atomic E-state index is 12.0. The van der Waals surface area contributed by atoms with E-state index in [1.807, 2.05) is 24.5 Å². The van der Waals surface area contributed by atoms with E-state index in [0.717, 1.165) is 43.3 Å². The summed E-state index contributed by atoms with van der Waals surface area (Å²) in [4.78, 5) is 16.3. The van der Waals surface area contributed by atoms with Crippen molar-refractivity contribution in [1.29, 1.82) is 0 Å². The molecular weight excluding hydrogens is 264 g/mol. The average Bonchev–Trinajstić information content (AvgIpc) is 3.10. The fourth-order valence-corrected chi connectivity index (χ4v) is 3.05. The van der Waals surface area contributed by atoms with Crippen molar-refractivity contribution in [3.05, 3.63) is 30.6 Å². The van der Waals surface area contributed by atoms with E-state index in [4.69, 9.17) is 5.73 Å². The number of hydrogen-bond acceptors (Lipinski definition) is 3. The van der Waals surface area contributed by atoms with Crippen molar-refractivity contribution in [3.63, 3.8) is 0 Å². The largest absolute Gasteiger partial charge is 0.356 e. The summed E-state index contributed by atoms with van der Waals surface area (Å²) in [5.74, 6) is 0.285. The van der Waals surface area contributed by atoms with Gasteiger partial charge in [0.15, 0.2) is 0 Å². The van der Waals surface area contributed by atoms with Crippen LogP contribution >= 0.6 is 0 Å². The Hall–Kier alpha value is -1.88. The molecule has 5 nitrogen and oxygen atoms in total. The molecule has 1 heterocycles. The zero-order valence-corrected chi connectivity index (χ0v) is 12.2. The van der Waals surface area contributed by atoms with Crippen molar-refractivity contribution in [1.82, 2.24) is 14.9 Å². The van der Waals surface area contributed by atoms with E-state index in [1.54, 1.807) is 0 Å². The van der Waals surface area contributed by atoms with Crippen molar-refractivity contribution in [2.45, 2.75) is 38.3 Å². The highest BCUT2D eigenvalue weighted by Gasteiger charge is 2.27. The fourth-order valence-electron chi connectivity index (χ4n) is 3.05. The minimum absolute atomic E-state index is 0.120. The second kappa shape index (κ2) is 6.26. The SMILES string of the molecule is NC1CCC(C(=O)NCCCn2cnc3ccccc32)C1. The van der Waals surface area contributed by atoms with Gasteiger partial charge < -0.3 is 15.6 Å². The Balaban J connectivity index is 1.45. The third kappa shape index (κ3) is 3.24. The highest BCUT2D eigenvalue weighted by molar-refractivity contribution is 5.79. The molecule has 1 aromatic heterocycles. The van der Waals surface area contributed by atoms with Crippen LogP contribution in [0.3, 0.4) is 0 Å². The Morgan fingerprint density at radius 1 is 1.38 bits per heavy atom. The predicted octanol–water partition coefficient (Wildman–Crippen LogP) is 1.67. The molecule has 1 fully saturated rings. The number of aromatic nitrogens is 2. The number of para-hydroxylation sites is 2. The molecule has 2 unspecified atom stereocenters. The quantitative estimate of drug-likeness (QED) is 0.821. The predicted molar refractivity (Wildman–Crippen MR) is 82.7 cm³/mol. The number of aryl methyl sites for hydroxylation is 1. The lowest BCUT2D eigenvalue weighted by Crippen LogP contribution is -2.31. The third-order valence-electron chi connectivity index (χ3n) is 4.25. The summed E-state index contributed by atoms with van der Waals surface area (Å²) in [7, 11) is 0. The number of nitrogens with two attached hydrogens (primary N) is 1. The van der Waals surface area contributed by atoms with Crippen LogP contribution in [-0.4, -0.2) is 28.0 Å². The smallest absolute Gasteiger partial charge is 0.223 e. The van der Waals surface area contributed by atoms with Crippen LogP contribution in [0.5, 0.6) is 0 Å². The first-order valence-corrected chi connectivity index (χ1v) is 7.67. The molecule has 1 aliphatic rings. The zero-order chi connectivity index (χ0) is 14.7. The Morgan fingerprint density at radius 2 is 2.24 bits per heavy atom. The van der Waals surface area contributed by atoms with E-state index in [2.05, 4.69) is 20.9 Å². The topological polar surface area (TPSA) is 72.9 Å². The molecule has 0 radical (unpaired) electrons. The monoisotopic (exact) mass is 286 g/mol. The number of carbonyl (C=O) groups is 1. The average molecular weight is 286 g/mol. The van der Waals surface area contributed by atoms with Gasteiger partial charge >= 0.3 is 0 Å². The van der Waals surface area contributed by atoms with E-state index < -0.39 is 0 Å². The summed E-state index contributed by atoms with van der Waals surface area (Å²) < 4.78 is 2.13.